The van der Waals surface area contributed by atoms with E-state index in [1.807, 2.05) is 19.9 Å². The number of phenols is 3. The minimum Gasteiger partial charge on any atom is -0.508 e. The topological polar surface area (TPSA) is 96.2 Å². The SMILES string of the molecule is COc1c(O)ccc([C@@H]2CC(=O)c3c(O)cc(O)cc3O2)c1CC=C(C)C. The van der Waals surface area contributed by atoms with Crippen molar-refractivity contribution < 1.29 is 29.6 Å². The number of carbonyl (C=O) groups excluding carboxylic acids is 1. The second-order valence-electron chi connectivity index (χ2n) is 6.74. The van der Waals surface area contributed by atoms with Crippen molar-refractivity contribution in [1.82, 2.24) is 0 Å². The number of aromatic hydroxyl groups is 3. The zero-order chi connectivity index (χ0) is 19.7. The molecule has 2 aromatic rings. The zero-order valence-corrected chi connectivity index (χ0v) is 15.4. The lowest BCUT2D eigenvalue weighted by Crippen LogP contribution is -2.21. The Morgan fingerprint density at radius 2 is 1.96 bits per heavy atom. The molecule has 2 aromatic carbocycles. The number of hydrogen-bond donors (Lipinski definition) is 3. The van der Waals surface area contributed by atoms with Crippen LogP contribution in [0.5, 0.6) is 28.7 Å². The molecular formula is C21H22O6. The van der Waals surface area contributed by atoms with Gasteiger partial charge in [-0.1, -0.05) is 17.7 Å². The molecule has 27 heavy (non-hydrogen) atoms. The Hall–Kier alpha value is -3.15. The molecule has 0 aliphatic carbocycles. The lowest BCUT2D eigenvalue weighted by atomic mass is 9.91. The second kappa shape index (κ2) is 7.23. The molecule has 1 atom stereocenters. The largest absolute Gasteiger partial charge is 0.508 e. The van der Waals surface area contributed by atoms with E-state index >= 15 is 0 Å². The van der Waals surface area contributed by atoms with Crippen molar-refractivity contribution in [2.24, 2.45) is 0 Å². The van der Waals surface area contributed by atoms with E-state index in [0.717, 1.165) is 17.2 Å². The number of rotatable bonds is 4. The summed E-state index contributed by atoms with van der Waals surface area (Å²) in [5, 5.41) is 29.8. The van der Waals surface area contributed by atoms with Crippen LogP contribution in [0.1, 0.15) is 47.9 Å². The number of fused-ring (bicyclic) bond motifs is 1. The Morgan fingerprint density at radius 1 is 1.22 bits per heavy atom. The van der Waals surface area contributed by atoms with Gasteiger partial charge >= 0.3 is 0 Å². The fourth-order valence-corrected chi connectivity index (χ4v) is 3.28. The van der Waals surface area contributed by atoms with E-state index in [2.05, 4.69) is 0 Å². The number of benzene rings is 2. The Bertz CT molecular complexity index is 925. The highest BCUT2D eigenvalue weighted by Crippen LogP contribution is 2.44. The molecule has 142 valence electrons. The first-order chi connectivity index (χ1) is 12.8. The van der Waals surface area contributed by atoms with Crippen LogP contribution in [0.3, 0.4) is 0 Å². The number of allylic oxidation sites excluding steroid dienone is 2. The molecule has 0 saturated carbocycles. The van der Waals surface area contributed by atoms with Crippen molar-refractivity contribution in [3.63, 3.8) is 0 Å². The Labute approximate surface area is 157 Å². The van der Waals surface area contributed by atoms with Crippen molar-refractivity contribution in [2.45, 2.75) is 32.8 Å². The van der Waals surface area contributed by atoms with Crippen LogP contribution in [0.2, 0.25) is 0 Å². The van der Waals surface area contributed by atoms with E-state index < -0.39 is 6.10 Å². The van der Waals surface area contributed by atoms with Gasteiger partial charge in [0.05, 0.1) is 13.5 Å². The van der Waals surface area contributed by atoms with E-state index in [1.165, 1.54) is 19.2 Å². The van der Waals surface area contributed by atoms with Gasteiger partial charge in [0.2, 0.25) is 0 Å². The number of phenolic OH excluding ortho intramolecular Hbond substituents is 3. The summed E-state index contributed by atoms with van der Waals surface area (Å²) in [5.74, 6) is -0.288. The molecule has 0 aromatic heterocycles. The number of ether oxygens (including phenoxy) is 2. The van der Waals surface area contributed by atoms with E-state index in [1.54, 1.807) is 6.07 Å². The summed E-state index contributed by atoms with van der Waals surface area (Å²) in [6, 6.07) is 5.64. The van der Waals surface area contributed by atoms with E-state index in [9.17, 15) is 20.1 Å². The quantitative estimate of drug-likeness (QED) is 0.703. The van der Waals surface area contributed by atoms with Crippen LogP contribution >= 0.6 is 0 Å². The van der Waals surface area contributed by atoms with Gasteiger partial charge in [-0.05, 0) is 26.3 Å². The number of ketones is 1. The zero-order valence-electron chi connectivity index (χ0n) is 15.4. The summed E-state index contributed by atoms with van der Waals surface area (Å²) in [4.78, 5) is 12.6. The third-order valence-electron chi connectivity index (χ3n) is 4.53. The van der Waals surface area contributed by atoms with E-state index in [4.69, 9.17) is 9.47 Å². The van der Waals surface area contributed by atoms with Gasteiger partial charge in [0, 0.05) is 23.3 Å². The van der Waals surface area contributed by atoms with Crippen molar-refractivity contribution in [2.75, 3.05) is 7.11 Å². The fraction of sp³-hybridized carbons (Fsp3) is 0.286. The predicted molar refractivity (Wildman–Crippen MR) is 99.9 cm³/mol. The van der Waals surface area contributed by atoms with Crippen molar-refractivity contribution in [3.05, 3.63) is 52.6 Å². The maximum Gasteiger partial charge on any atom is 0.174 e. The smallest absolute Gasteiger partial charge is 0.174 e. The van der Waals surface area contributed by atoms with Gasteiger partial charge < -0.3 is 24.8 Å². The molecule has 6 heteroatoms. The van der Waals surface area contributed by atoms with Gasteiger partial charge in [0.1, 0.15) is 28.9 Å². The molecule has 1 aliphatic rings. The molecule has 0 fully saturated rings. The van der Waals surface area contributed by atoms with Crippen LogP contribution < -0.4 is 9.47 Å². The standard InChI is InChI=1S/C21H22O6/c1-11(2)4-5-14-13(6-7-15(23)21(14)26-3)18-10-17(25)20-16(24)8-12(22)9-19(20)27-18/h4,6-9,18,22-24H,5,10H2,1-3H3/t18-/m0/s1. The molecule has 3 rings (SSSR count). The fourth-order valence-electron chi connectivity index (χ4n) is 3.28. The van der Waals surface area contributed by atoms with Crippen LogP contribution in [-0.4, -0.2) is 28.2 Å². The second-order valence-corrected chi connectivity index (χ2v) is 6.74. The molecule has 6 nitrogen and oxygen atoms in total. The number of hydrogen-bond acceptors (Lipinski definition) is 6. The van der Waals surface area contributed by atoms with Crippen LogP contribution in [0.25, 0.3) is 0 Å². The molecule has 0 saturated heterocycles. The third kappa shape index (κ3) is 3.56. The maximum absolute atomic E-state index is 12.6. The summed E-state index contributed by atoms with van der Waals surface area (Å²) in [6.45, 7) is 3.94. The summed E-state index contributed by atoms with van der Waals surface area (Å²) in [5.41, 5.74) is 2.61. The van der Waals surface area contributed by atoms with Gasteiger partial charge in [-0.3, -0.25) is 4.79 Å². The van der Waals surface area contributed by atoms with Crippen LogP contribution in [-0.2, 0) is 6.42 Å². The summed E-state index contributed by atoms with van der Waals surface area (Å²) in [7, 11) is 1.48. The molecule has 0 spiro atoms. The molecule has 3 N–H and O–H groups in total. The molecular weight excluding hydrogens is 348 g/mol. The average Bonchev–Trinajstić information content (AvgIpc) is 2.58. The van der Waals surface area contributed by atoms with Crippen molar-refractivity contribution in [1.29, 1.82) is 0 Å². The monoisotopic (exact) mass is 370 g/mol. The van der Waals surface area contributed by atoms with Gasteiger partial charge in [-0.25, -0.2) is 0 Å². The normalized spacial score (nSPS) is 15.7. The highest BCUT2D eigenvalue weighted by Gasteiger charge is 2.32. The van der Waals surface area contributed by atoms with Crippen LogP contribution in [0, 0.1) is 0 Å². The Morgan fingerprint density at radius 3 is 2.63 bits per heavy atom. The minimum atomic E-state index is -0.624. The molecule has 1 heterocycles. The first kappa shape index (κ1) is 18.6. The lowest BCUT2D eigenvalue weighted by molar-refractivity contribution is 0.0843. The highest BCUT2D eigenvalue weighted by atomic mass is 16.5. The van der Waals surface area contributed by atoms with Crippen LogP contribution in [0.4, 0.5) is 0 Å². The predicted octanol–water partition coefficient (Wildman–Crippen LogP) is 4.03. The number of methoxy groups -OCH3 is 1. The molecule has 0 radical (unpaired) electrons. The first-order valence-electron chi connectivity index (χ1n) is 8.59. The molecule has 0 amide bonds. The van der Waals surface area contributed by atoms with Gasteiger partial charge in [0.15, 0.2) is 17.3 Å². The van der Waals surface area contributed by atoms with Crippen LogP contribution in [0.15, 0.2) is 35.9 Å². The average molecular weight is 370 g/mol. The van der Waals surface area contributed by atoms with Gasteiger partial charge in [0.25, 0.3) is 0 Å². The minimum absolute atomic E-state index is 0.0104. The molecule has 1 aliphatic heterocycles. The maximum atomic E-state index is 12.6. The summed E-state index contributed by atoms with van der Waals surface area (Å²) < 4.78 is 11.3. The lowest BCUT2D eigenvalue weighted by Gasteiger charge is -2.28. The van der Waals surface area contributed by atoms with Gasteiger partial charge in [-0.15, -0.1) is 0 Å². The molecule has 0 unspecified atom stereocenters. The molecule has 0 bridgehead atoms. The number of Topliss-reactive ketones (excluding diaryl/α,β-unsaturated/α-hetero) is 1. The first-order valence-corrected chi connectivity index (χ1v) is 8.59. The Kier molecular flexibility index (Phi) is 4.99. The van der Waals surface area contributed by atoms with E-state index in [0.29, 0.717) is 17.7 Å². The number of carbonyl (C=O) groups is 1. The van der Waals surface area contributed by atoms with Gasteiger partial charge in [-0.2, -0.15) is 0 Å². The third-order valence-corrected chi connectivity index (χ3v) is 4.53. The summed E-state index contributed by atoms with van der Waals surface area (Å²) >= 11 is 0. The summed E-state index contributed by atoms with van der Waals surface area (Å²) in [6.07, 6.45) is 1.90. The van der Waals surface area contributed by atoms with Crippen molar-refractivity contribution >= 4 is 5.78 Å². The van der Waals surface area contributed by atoms with Crippen molar-refractivity contribution in [3.8, 4) is 28.7 Å². The van der Waals surface area contributed by atoms with E-state index in [-0.39, 0.29) is 40.8 Å². The highest BCUT2D eigenvalue weighted by molar-refractivity contribution is 6.02. The Balaban J connectivity index is 2.09.